The monoisotopic (exact) mass is 350 g/mol. The van der Waals surface area contributed by atoms with E-state index in [-0.39, 0.29) is 18.4 Å². The van der Waals surface area contributed by atoms with Crippen molar-refractivity contribution in [2.24, 2.45) is 0 Å². The van der Waals surface area contributed by atoms with Crippen LogP contribution in [0.15, 0.2) is 18.3 Å². The molecule has 1 atom stereocenters. The summed E-state index contributed by atoms with van der Waals surface area (Å²) in [6.45, 7) is 4.84. The Bertz CT molecular complexity index is 571. The predicted molar refractivity (Wildman–Crippen MR) is 95.6 cm³/mol. The van der Waals surface area contributed by atoms with Crippen LogP contribution in [0.3, 0.4) is 0 Å². The summed E-state index contributed by atoms with van der Waals surface area (Å²) in [5.74, 6) is -1.28. The number of nitrogens with zero attached hydrogens (tertiary/aromatic N) is 2. The second kappa shape index (κ2) is 10.8. The Hall–Kier alpha value is -1.97. The molecule has 1 aromatic rings. The van der Waals surface area contributed by atoms with Gasteiger partial charge in [0.25, 0.3) is 5.91 Å². The van der Waals surface area contributed by atoms with E-state index in [1.54, 1.807) is 25.4 Å². The average Bonchev–Trinajstić information content (AvgIpc) is 3.12. The van der Waals surface area contributed by atoms with Gasteiger partial charge in [-0.1, -0.05) is 13.8 Å². The molecule has 0 bridgehead atoms. The zero-order valence-electron chi connectivity index (χ0n) is 15.0. The number of nitrogens with one attached hydrogen (secondary N) is 2. The Morgan fingerprint density at radius 1 is 1.40 bits per heavy atom. The lowest BCUT2D eigenvalue weighted by Crippen LogP contribution is -2.48. The lowest BCUT2D eigenvalue weighted by Gasteiger charge is -2.24. The Labute approximate surface area is 148 Å². The fraction of sp³-hybridized carbons (Fsp3) is 0.562. The summed E-state index contributed by atoms with van der Waals surface area (Å²) in [7, 11) is 0.233. The minimum absolute atomic E-state index is 0.175. The van der Waals surface area contributed by atoms with Crippen LogP contribution in [0.4, 0.5) is 0 Å². The SMILES string of the molecule is CC.CNCc1cc(C(=O)NCC(=O)N2CCCC2B(O)O)ccn1. The van der Waals surface area contributed by atoms with E-state index >= 15 is 0 Å². The molecule has 1 aliphatic rings. The van der Waals surface area contributed by atoms with E-state index in [4.69, 9.17) is 0 Å². The zero-order chi connectivity index (χ0) is 18.8. The zero-order valence-corrected chi connectivity index (χ0v) is 15.0. The van der Waals surface area contributed by atoms with Gasteiger partial charge in [0, 0.05) is 24.8 Å². The van der Waals surface area contributed by atoms with Crippen LogP contribution in [0, 0.1) is 0 Å². The molecule has 1 aliphatic heterocycles. The first-order valence-corrected chi connectivity index (χ1v) is 8.56. The summed E-state index contributed by atoms with van der Waals surface area (Å²) >= 11 is 0. The van der Waals surface area contributed by atoms with Gasteiger partial charge in [0.15, 0.2) is 0 Å². The van der Waals surface area contributed by atoms with Gasteiger partial charge in [0.05, 0.1) is 18.2 Å². The van der Waals surface area contributed by atoms with Gasteiger partial charge in [-0.05, 0) is 32.0 Å². The van der Waals surface area contributed by atoms with Crippen LogP contribution in [0.1, 0.15) is 42.7 Å². The van der Waals surface area contributed by atoms with E-state index in [1.165, 1.54) is 4.90 Å². The number of pyridine rings is 1. The van der Waals surface area contributed by atoms with Crippen molar-refractivity contribution in [2.45, 2.75) is 39.2 Å². The van der Waals surface area contributed by atoms with Crippen LogP contribution in [0.25, 0.3) is 0 Å². The summed E-state index contributed by atoms with van der Waals surface area (Å²) in [5, 5.41) is 24.1. The predicted octanol–water partition coefficient (Wildman–Crippen LogP) is -0.440. The molecule has 9 heteroatoms. The minimum atomic E-state index is -1.55. The molecule has 2 heterocycles. The van der Waals surface area contributed by atoms with Crippen molar-refractivity contribution < 1.29 is 19.6 Å². The molecule has 4 N–H and O–H groups in total. The highest BCUT2D eigenvalue weighted by Gasteiger charge is 2.36. The molecule has 1 unspecified atom stereocenters. The maximum absolute atomic E-state index is 12.1. The van der Waals surface area contributed by atoms with Crippen LogP contribution in [-0.2, 0) is 11.3 Å². The summed E-state index contributed by atoms with van der Waals surface area (Å²) in [6, 6.07) is 3.24. The van der Waals surface area contributed by atoms with Crippen molar-refractivity contribution in [3.8, 4) is 0 Å². The number of carbonyl (C=O) groups is 2. The van der Waals surface area contributed by atoms with Crippen molar-refractivity contribution in [1.82, 2.24) is 20.5 Å². The van der Waals surface area contributed by atoms with Crippen LogP contribution in [-0.4, -0.2) is 64.9 Å². The molecule has 0 spiro atoms. The molecular weight excluding hydrogens is 323 g/mol. The lowest BCUT2D eigenvalue weighted by molar-refractivity contribution is -0.130. The molecule has 1 fully saturated rings. The molecule has 0 saturated carbocycles. The molecule has 138 valence electrons. The normalized spacial score (nSPS) is 16.0. The summed E-state index contributed by atoms with van der Waals surface area (Å²) in [6.07, 6.45) is 2.82. The lowest BCUT2D eigenvalue weighted by atomic mass is 9.78. The third kappa shape index (κ3) is 6.11. The average molecular weight is 350 g/mol. The van der Waals surface area contributed by atoms with Gasteiger partial charge in [-0.15, -0.1) is 0 Å². The van der Waals surface area contributed by atoms with Crippen LogP contribution >= 0.6 is 0 Å². The Kier molecular flexibility index (Phi) is 9.11. The number of hydrogen-bond acceptors (Lipinski definition) is 6. The molecule has 0 aliphatic carbocycles. The molecule has 8 nitrogen and oxygen atoms in total. The molecule has 0 aromatic carbocycles. The molecule has 1 aromatic heterocycles. The van der Waals surface area contributed by atoms with E-state index in [9.17, 15) is 19.6 Å². The standard InChI is InChI=1S/C14H21BN4O4.C2H6/c1-16-8-11-7-10(4-5-17-11)14(21)18-9-13(20)19-6-2-3-12(19)15(22)23;1-2/h4-5,7,12,16,22-23H,2-3,6,8-9H2,1H3,(H,18,21);1-2H3. The first-order valence-electron chi connectivity index (χ1n) is 8.56. The third-order valence-electron chi connectivity index (χ3n) is 3.80. The first-order chi connectivity index (χ1) is 12.0. The highest BCUT2D eigenvalue weighted by atomic mass is 16.4. The number of likely N-dealkylation sites (tertiary alicyclic amines) is 1. The molecule has 25 heavy (non-hydrogen) atoms. The fourth-order valence-corrected chi connectivity index (χ4v) is 2.67. The van der Waals surface area contributed by atoms with Crippen molar-refractivity contribution in [3.63, 3.8) is 0 Å². The Morgan fingerprint density at radius 3 is 2.76 bits per heavy atom. The van der Waals surface area contributed by atoms with Crippen molar-refractivity contribution in [1.29, 1.82) is 0 Å². The number of rotatable bonds is 6. The van der Waals surface area contributed by atoms with Gasteiger partial charge in [-0.25, -0.2) is 0 Å². The van der Waals surface area contributed by atoms with Crippen molar-refractivity contribution in [3.05, 3.63) is 29.6 Å². The van der Waals surface area contributed by atoms with Crippen molar-refractivity contribution in [2.75, 3.05) is 20.1 Å². The van der Waals surface area contributed by atoms with Gasteiger partial charge in [-0.3, -0.25) is 14.6 Å². The Morgan fingerprint density at radius 2 is 2.12 bits per heavy atom. The Balaban J connectivity index is 0.00000151. The van der Waals surface area contributed by atoms with Crippen LogP contribution in [0.5, 0.6) is 0 Å². The topological polar surface area (TPSA) is 115 Å². The second-order valence-corrected chi connectivity index (χ2v) is 5.46. The molecule has 1 saturated heterocycles. The number of amides is 2. The highest BCUT2D eigenvalue weighted by Crippen LogP contribution is 2.17. The maximum Gasteiger partial charge on any atom is 0.475 e. The maximum atomic E-state index is 12.1. The molecule has 2 amide bonds. The smallest absolute Gasteiger partial charge is 0.426 e. The largest absolute Gasteiger partial charge is 0.475 e. The van der Waals surface area contributed by atoms with E-state index in [0.29, 0.717) is 25.1 Å². The third-order valence-corrected chi connectivity index (χ3v) is 3.80. The first kappa shape index (κ1) is 21.1. The van der Waals surface area contributed by atoms with Gasteiger partial charge >= 0.3 is 7.12 Å². The summed E-state index contributed by atoms with van der Waals surface area (Å²) < 4.78 is 0. The molecule has 0 radical (unpaired) electrons. The van der Waals surface area contributed by atoms with Gasteiger partial charge in [0.1, 0.15) is 0 Å². The number of carbonyl (C=O) groups excluding carboxylic acids is 2. The van der Waals surface area contributed by atoms with E-state index in [0.717, 1.165) is 12.1 Å². The van der Waals surface area contributed by atoms with E-state index < -0.39 is 13.1 Å². The minimum Gasteiger partial charge on any atom is -0.426 e. The van der Waals surface area contributed by atoms with Gasteiger partial charge in [-0.2, -0.15) is 0 Å². The molecule has 2 rings (SSSR count). The quantitative estimate of drug-likeness (QED) is 0.517. The van der Waals surface area contributed by atoms with Crippen molar-refractivity contribution >= 4 is 18.9 Å². The summed E-state index contributed by atoms with van der Waals surface area (Å²) in [4.78, 5) is 29.8. The number of aromatic nitrogens is 1. The van der Waals surface area contributed by atoms with Gasteiger partial charge < -0.3 is 25.6 Å². The van der Waals surface area contributed by atoms with Gasteiger partial charge in [0.2, 0.25) is 5.91 Å². The number of hydrogen-bond donors (Lipinski definition) is 4. The van der Waals surface area contributed by atoms with Crippen LogP contribution < -0.4 is 10.6 Å². The molecular formula is C16H27BN4O4. The second-order valence-electron chi connectivity index (χ2n) is 5.46. The van der Waals surface area contributed by atoms with Crippen LogP contribution in [0.2, 0.25) is 0 Å². The summed E-state index contributed by atoms with van der Waals surface area (Å²) in [5.41, 5.74) is 1.16. The van der Waals surface area contributed by atoms with E-state index in [1.807, 2.05) is 13.8 Å². The fourth-order valence-electron chi connectivity index (χ4n) is 2.67. The van der Waals surface area contributed by atoms with E-state index in [2.05, 4.69) is 15.6 Å². The highest BCUT2D eigenvalue weighted by molar-refractivity contribution is 6.43.